The molecule has 1 aliphatic carbocycles. The number of anilines is 1. The molecule has 1 saturated heterocycles. The Morgan fingerprint density at radius 3 is 2.84 bits per heavy atom. The summed E-state index contributed by atoms with van der Waals surface area (Å²) < 4.78 is 6.35. The van der Waals surface area contributed by atoms with Gasteiger partial charge in [0.1, 0.15) is 18.7 Å². The van der Waals surface area contributed by atoms with E-state index in [1.165, 1.54) is 52.1 Å². The number of nitrogens with zero attached hydrogens (tertiary/aromatic N) is 5. The van der Waals surface area contributed by atoms with Gasteiger partial charge in [-0.25, -0.2) is 14.6 Å². The second kappa shape index (κ2) is 6.98. The second-order valence-electron chi connectivity index (χ2n) is 7.11. The van der Waals surface area contributed by atoms with E-state index in [-0.39, 0.29) is 12.5 Å². The van der Waals surface area contributed by atoms with E-state index in [1.807, 2.05) is 0 Å². The Balaban J connectivity index is 1.71. The van der Waals surface area contributed by atoms with Crippen LogP contribution in [0, 0.1) is 5.92 Å². The van der Waals surface area contributed by atoms with Gasteiger partial charge in [-0.05, 0) is 31.6 Å². The van der Waals surface area contributed by atoms with E-state index in [9.17, 15) is 4.79 Å². The maximum Gasteiger partial charge on any atom is 0.327 e. The molecule has 0 aromatic carbocycles. The molecule has 4 rings (SSSR count). The van der Waals surface area contributed by atoms with Crippen molar-refractivity contribution in [2.75, 3.05) is 18.6 Å². The number of esters is 1. The molecule has 7 heteroatoms. The number of ether oxygens (including phenoxy) is 1. The average molecular weight is 343 g/mol. The van der Waals surface area contributed by atoms with Gasteiger partial charge in [0.05, 0.1) is 18.7 Å². The first-order valence-electron chi connectivity index (χ1n) is 9.28. The largest absolute Gasteiger partial charge is 0.468 e. The fourth-order valence-electron chi connectivity index (χ4n) is 4.46. The molecule has 0 bridgehead atoms. The molecule has 3 heterocycles. The molecular formula is C18H25N5O2. The van der Waals surface area contributed by atoms with E-state index in [0.717, 1.165) is 23.7 Å². The van der Waals surface area contributed by atoms with Gasteiger partial charge in [-0.2, -0.15) is 5.10 Å². The van der Waals surface area contributed by atoms with Crippen molar-refractivity contribution in [2.24, 2.45) is 5.92 Å². The zero-order valence-corrected chi connectivity index (χ0v) is 14.7. The number of carbonyl (C=O) groups is 1. The lowest BCUT2D eigenvalue weighted by atomic mass is 9.81. The molecule has 1 saturated carbocycles. The van der Waals surface area contributed by atoms with Crippen molar-refractivity contribution in [1.82, 2.24) is 19.7 Å². The van der Waals surface area contributed by atoms with Gasteiger partial charge < -0.3 is 9.64 Å². The molecule has 0 N–H and O–H groups in total. The number of aromatic nitrogens is 4. The second-order valence-corrected chi connectivity index (χ2v) is 7.11. The Kier molecular flexibility index (Phi) is 4.55. The van der Waals surface area contributed by atoms with Crippen LogP contribution in [0.3, 0.4) is 0 Å². The van der Waals surface area contributed by atoms with E-state index in [1.54, 1.807) is 17.2 Å². The summed E-state index contributed by atoms with van der Waals surface area (Å²) in [6.07, 6.45) is 12.4. The first-order chi connectivity index (χ1) is 12.3. The summed E-state index contributed by atoms with van der Waals surface area (Å²) in [5.74, 6) is 1.42. The lowest BCUT2D eigenvalue weighted by Gasteiger charge is -2.39. The molecule has 25 heavy (non-hydrogen) atoms. The maximum atomic E-state index is 11.6. The third-order valence-electron chi connectivity index (χ3n) is 5.68. The Morgan fingerprint density at radius 1 is 1.20 bits per heavy atom. The van der Waals surface area contributed by atoms with Gasteiger partial charge in [0.2, 0.25) is 0 Å². The summed E-state index contributed by atoms with van der Waals surface area (Å²) >= 11 is 0. The van der Waals surface area contributed by atoms with E-state index >= 15 is 0 Å². The Bertz CT molecular complexity index is 759. The highest BCUT2D eigenvalue weighted by molar-refractivity contribution is 5.87. The van der Waals surface area contributed by atoms with Crippen molar-refractivity contribution >= 4 is 22.8 Å². The van der Waals surface area contributed by atoms with Crippen LogP contribution in [0.4, 0.5) is 5.82 Å². The molecule has 0 unspecified atom stereocenters. The highest BCUT2D eigenvalue weighted by Gasteiger charge is 2.33. The Hall–Kier alpha value is -2.18. The Labute approximate surface area is 147 Å². The van der Waals surface area contributed by atoms with E-state index in [0.29, 0.717) is 11.7 Å². The van der Waals surface area contributed by atoms with E-state index in [2.05, 4.69) is 20.0 Å². The molecule has 7 nitrogen and oxygen atoms in total. The topological polar surface area (TPSA) is 73.1 Å². The van der Waals surface area contributed by atoms with Crippen LogP contribution in [-0.4, -0.2) is 45.4 Å². The zero-order chi connectivity index (χ0) is 17.2. The number of carbonyl (C=O) groups excluding carboxylic acids is 1. The average Bonchev–Trinajstić information content (AvgIpc) is 2.93. The minimum absolute atomic E-state index is 0.0719. The fourth-order valence-corrected chi connectivity index (χ4v) is 4.46. The van der Waals surface area contributed by atoms with Gasteiger partial charge in [0, 0.05) is 12.6 Å². The molecule has 2 aliphatic rings. The van der Waals surface area contributed by atoms with Crippen molar-refractivity contribution in [1.29, 1.82) is 0 Å². The van der Waals surface area contributed by atoms with Crippen LogP contribution in [0.2, 0.25) is 0 Å². The smallest absolute Gasteiger partial charge is 0.327 e. The highest BCUT2D eigenvalue weighted by Crippen LogP contribution is 2.38. The molecule has 0 spiro atoms. The summed E-state index contributed by atoms with van der Waals surface area (Å²) in [4.78, 5) is 23.1. The molecule has 2 fully saturated rings. The summed E-state index contributed by atoms with van der Waals surface area (Å²) in [5.41, 5.74) is 0.701. The van der Waals surface area contributed by atoms with Crippen LogP contribution in [-0.2, 0) is 16.1 Å². The first-order valence-corrected chi connectivity index (χ1v) is 9.28. The maximum absolute atomic E-state index is 11.6. The van der Waals surface area contributed by atoms with Gasteiger partial charge in [-0.15, -0.1) is 0 Å². The Morgan fingerprint density at radius 2 is 2.00 bits per heavy atom. The molecule has 134 valence electrons. The third-order valence-corrected chi connectivity index (χ3v) is 5.68. The van der Waals surface area contributed by atoms with Gasteiger partial charge in [-0.1, -0.05) is 19.3 Å². The lowest BCUT2D eigenvalue weighted by Crippen LogP contribution is -2.42. The van der Waals surface area contributed by atoms with Crippen LogP contribution in [0.5, 0.6) is 0 Å². The zero-order valence-electron chi connectivity index (χ0n) is 14.7. The van der Waals surface area contributed by atoms with Crippen molar-refractivity contribution in [3.8, 4) is 0 Å². The summed E-state index contributed by atoms with van der Waals surface area (Å²) in [5, 5.41) is 5.28. The summed E-state index contributed by atoms with van der Waals surface area (Å²) in [6.45, 7) is 1.11. The standard InChI is InChI=1S/C18H25N5O2/c1-25-16(24)11-23-18-14(10-21-23)17(19-12-20-18)22-9-5-4-7-13-6-2-3-8-15(13)22/h10,12-13,15H,2-9,11H2,1H3/t13-,15-/m1/s1. The molecule has 0 amide bonds. The van der Waals surface area contributed by atoms with Crippen molar-refractivity contribution in [3.63, 3.8) is 0 Å². The highest BCUT2D eigenvalue weighted by atomic mass is 16.5. The van der Waals surface area contributed by atoms with Crippen LogP contribution in [0.15, 0.2) is 12.5 Å². The minimum Gasteiger partial charge on any atom is -0.468 e. The normalized spacial score (nSPS) is 24.0. The fraction of sp³-hybridized carbons (Fsp3) is 0.667. The molecule has 0 radical (unpaired) electrons. The summed E-state index contributed by atoms with van der Waals surface area (Å²) in [6, 6.07) is 0.568. The van der Waals surface area contributed by atoms with E-state index < -0.39 is 0 Å². The molecule has 2 aromatic heterocycles. The summed E-state index contributed by atoms with van der Waals surface area (Å²) in [7, 11) is 1.38. The minimum atomic E-state index is -0.327. The van der Waals surface area contributed by atoms with Gasteiger partial charge in [0.25, 0.3) is 0 Å². The number of hydrogen-bond acceptors (Lipinski definition) is 6. The van der Waals surface area contributed by atoms with Gasteiger partial charge in [-0.3, -0.25) is 4.79 Å². The van der Waals surface area contributed by atoms with Crippen LogP contribution < -0.4 is 4.90 Å². The quantitative estimate of drug-likeness (QED) is 0.798. The molecule has 1 aliphatic heterocycles. The van der Waals surface area contributed by atoms with Crippen molar-refractivity contribution < 1.29 is 9.53 Å². The van der Waals surface area contributed by atoms with Crippen LogP contribution in [0.1, 0.15) is 44.9 Å². The predicted molar refractivity (Wildman–Crippen MR) is 94.3 cm³/mol. The van der Waals surface area contributed by atoms with Crippen molar-refractivity contribution in [2.45, 2.75) is 57.5 Å². The third kappa shape index (κ3) is 3.07. The molecule has 2 atom stereocenters. The number of fused-ring (bicyclic) bond motifs is 2. The number of hydrogen-bond donors (Lipinski definition) is 0. The number of methoxy groups -OCH3 is 1. The predicted octanol–water partition coefficient (Wildman–Crippen LogP) is 2.55. The number of rotatable bonds is 3. The van der Waals surface area contributed by atoms with Gasteiger partial charge >= 0.3 is 5.97 Å². The van der Waals surface area contributed by atoms with Crippen LogP contribution in [0.25, 0.3) is 11.0 Å². The monoisotopic (exact) mass is 343 g/mol. The van der Waals surface area contributed by atoms with Crippen molar-refractivity contribution in [3.05, 3.63) is 12.5 Å². The lowest BCUT2D eigenvalue weighted by molar-refractivity contribution is -0.141. The molecule has 2 aromatic rings. The van der Waals surface area contributed by atoms with Gasteiger partial charge in [0.15, 0.2) is 5.65 Å². The SMILES string of the molecule is COC(=O)Cn1ncc2c(N3CCCC[C@H]4CCCC[C@H]43)ncnc21. The van der Waals surface area contributed by atoms with E-state index in [4.69, 9.17) is 4.74 Å². The first kappa shape index (κ1) is 16.3. The molecular weight excluding hydrogens is 318 g/mol. The van der Waals surface area contributed by atoms with Crippen LogP contribution >= 0.6 is 0 Å².